The van der Waals surface area contributed by atoms with E-state index < -0.39 is 27.0 Å². The molecule has 0 atom stereocenters. The first-order valence-electron chi connectivity index (χ1n) is 10.8. The normalized spacial score (nSPS) is 16.9. The zero-order valence-corrected chi connectivity index (χ0v) is 21.3. The Morgan fingerprint density at radius 3 is 2.74 bits per heavy atom. The fourth-order valence-corrected chi connectivity index (χ4v) is 7.29. The predicted octanol–water partition coefficient (Wildman–Crippen LogP) is 5.01. The van der Waals surface area contributed by atoms with Gasteiger partial charge in [-0.05, 0) is 45.0 Å². The summed E-state index contributed by atoms with van der Waals surface area (Å²) in [7, 11) is -3.70. The summed E-state index contributed by atoms with van der Waals surface area (Å²) in [6, 6.07) is 7.28. The lowest BCUT2D eigenvalue weighted by Gasteiger charge is -2.42. The summed E-state index contributed by atoms with van der Waals surface area (Å²) in [5.41, 5.74) is 1.33. The Hall–Kier alpha value is -2.43. The Kier molecular flexibility index (Phi) is 5.73. The number of thioether (sulfide) groups is 1. The van der Waals surface area contributed by atoms with Crippen molar-refractivity contribution in [2.24, 2.45) is 0 Å². The van der Waals surface area contributed by atoms with Crippen LogP contribution in [0.2, 0.25) is 5.02 Å². The number of hydrogen-bond donors (Lipinski definition) is 0. The van der Waals surface area contributed by atoms with Gasteiger partial charge in [-0.2, -0.15) is 0 Å². The largest absolute Gasteiger partial charge is 0.456 e. The molecule has 0 bridgehead atoms. The number of furan rings is 1. The molecule has 1 aromatic carbocycles. The summed E-state index contributed by atoms with van der Waals surface area (Å²) in [6.45, 7) is 5.89. The van der Waals surface area contributed by atoms with E-state index in [2.05, 4.69) is 4.98 Å². The minimum Gasteiger partial charge on any atom is -0.456 e. The standard InChI is InChI=1S/C23H24ClN3O5S2/c1-23(2,3)32-22(28)26-12-16(13-26)34(29,30)27-6-7-33-21-17(10-25-11-18(21)27)20-9-14-8-15(24)4-5-19(14)31-20/h4-5,8-11,16H,6-7,12-13H2,1-3H3. The van der Waals surface area contributed by atoms with Gasteiger partial charge in [0.2, 0.25) is 10.0 Å². The maximum absolute atomic E-state index is 13.5. The maximum Gasteiger partial charge on any atom is 0.410 e. The molecule has 2 aromatic heterocycles. The lowest BCUT2D eigenvalue weighted by Crippen LogP contribution is -2.61. The number of benzene rings is 1. The molecule has 0 saturated carbocycles. The summed E-state index contributed by atoms with van der Waals surface area (Å²) in [5, 5.41) is 0.788. The maximum atomic E-state index is 13.5. The molecular weight excluding hydrogens is 498 g/mol. The zero-order valence-electron chi connectivity index (χ0n) is 18.9. The van der Waals surface area contributed by atoms with E-state index in [0.29, 0.717) is 34.4 Å². The van der Waals surface area contributed by atoms with E-state index in [4.69, 9.17) is 20.8 Å². The lowest BCUT2D eigenvalue weighted by molar-refractivity contribution is 0.0139. The molecule has 11 heteroatoms. The van der Waals surface area contributed by atoms with E-state index >= 15 is 0 Å². The van der Waals surface area contributed by atoms with Crippen molar-refractivity contribution in [2.45, 2.75) is 36.5 Å². The molecule has 3 aromatic rings. The van der Waals surface area contributed by atoms with E-state index in [1.165, 1.54) is 9.21 Å². The zero-order chi connectivity index (χ0) is 24.3. The van der Waals surface area contributed by atoms with Crippen molar-refractivity contribution in [3.63, 3.8) is 0 Å². The summed E-state index contributed by atoms with van der Waals surface area (Å²) in [5.74, 6) is 1.20. The van der Waals surface area contributed by atoms with Crippen LogP contribution in [0.25, 0.3) is 22.3 Å². The number of ether oxygens (including phenoxy) is 1. The van der Waals surface area contributed by atoms with E-state index in [9.17, 15) is 13.2 Å². The third-order valence-corrected chi connectivity index (χ3v) is 9.13. The number of fused-ring (bicyclic) bond motifs is 2. The number of carbonyl (C=O) groups is 1. The summed E-state index contributed by atoms with van der Waals surface area (Å²) >= 11 is 7.68. The molecule has 0 aliphatic carbocycles. The van der Waals surface area contributed by atoms with Crippen molar-refractivity contribution in [1.82, 2.24) is 9.88 Å². The Morgan fingerprint density at radius 2 is 2.00 bits per heavy atom. The highest BCUT2D eigenvalue weighted by Gasteiger charge is 2.45. The quantitative estimate of drug-likeness (QED) is 0.478. The van der Waals surface area contributed by atoms with Gasteiger partial charge in [-0.1, -0.05) is 11.6 Å². The smallest absolute Gasteiger partial charge is 0.410 e. The van der Waals surface area contributed by atoms with Gasteiger partial charge in [0.05, 0.1) is 17.4 Å². The molecule has 1 amide bonds. The number of pyridine rings is 1. The first-order valence-corrected chi connectivity index (χ1v) is 13.7. The molecule has 180 valence electrons. The number of hydrogen-bond acceptors (Lipinski definition) is 7. The number of nitrogens with zero attached hydrogens (tertiary/aromatic N) is 3. The third-order valence-electron chi connectivity index (χ3n) is 5.66. The van der Waals surface area contributed by atoms with Gasteiger partial charge in [-0.15, -0.1) is 11.8 Å². The van der Waals surface area contributed by atoms with Crippen molar-refractivity contribution < 1.29 is 22.4 Å². The number of sulfonamides is 1. The number of aromatic nitrogens is 1. The van der Waals surface area contributed by atoms with Crippen molar-refractivity contribution in [3.8, 4) is 11.3 Å². The van der Waals surface area contributed by atoms with Crippen LogP contribution < -0.4 is 4.31 Å². The Bertz CT molecular complexity index is 1380. The van der Waals surface area contributed by atoms with Gasteiger partial charge in [0, 0.05) is 46.9 Å². The molecule has 4 heterocycles. The number of rotatable bonds is 3. The fourth-order valence-electron chi connectivity index (χ4n) is 3.99. The van der Waals surface area contributed by atoms with Crippen molar-refractivity contribution in [1.29, 1.82) is 0 Å². The van der Waals surface area contributed by atoms with Gasteiger partial charge in [0.25, 0.3) is 0 Å². The number of amides is 1. The molecule has 0 spiro atoms. The van der Waals surface area contributed by atoms with Gasteiger partial charge in [-0.25, -0.2) is 13.2 Å². The number of anilines is 1. The molecule has 1 fully saturated rings. The highest BCUT2D eigenvalue weighted by Crippen LogP contribution is 2.44. The van der Waals surface area contributed by atoms with Crippen LogP contribution in [0.5, 0.6) is 0 Å². The first-order chi connectivity index (χ1) is 16.0. The third kappa shape index (κ3) is 4.23. The van der Waals surface area contributed by atoms with Crippen LogP contribution in [0, 0.1) is 0 Å². The summed E-state index contributed by atoms with van der Waals surface area (Å²) in [4.78, 5) is 18.8. The molecule has 1 saturated heterocycles. The molecular formula is C23H24ClN3O5S2. The minimum atomic E-state index is -3.70. The van der Waals surface area contributed by atoms with Crippen LogP contribution in [0.1, 0.15) is 20.8 Å². The molecule has 2 aliphatic heterocycles. The summed E-state index contributed by atoms with van der Waals surface area (Å²) < 4.78 is 39.8. The molecule has 0 N–H and O–H groups in total. The molecule has 5 rings (SSSR count). The molecule has 0 radical (unpaired) electrons. The van der Waals surface area contributed by atoms with Crippen molar-refractivity contribution >= 4 is 56.1 Å². The predicted molar refractivity (Wildman–Crippen MR) is 133 cm³/mol. The van der Waals surface area contributed by atoms with Crippen molar-refractivity contribution in [3.05, 3.63) is 41.7 Å². The number of halogens is 1. The molecule has 0 unspecified atom stereocenters. The van der Waals surface area contributed by atoms with Crippen LogP contribution in [0.15, 0.2) is 46.0 Å². The average Bonchev–Trinajstić information content (AvgIpc) is 3.13. The minimum absolute atomic E-state index is 0.105. The second-order valence-corrected chi connectivity index (χ2v) is 13.0. The lowest BCUT2D eigenvalue weighted by atomic mass is 10.2. The van der Waals surface area contributed by atoms with Gasteiger partial charge in [0.1, 0.15) is 22.2 Å². The van der Waals surface area contributed by atoms with Crippen LogP contribution in [-0.4, -0.2) is 60.6 Å². The molecule has 8 nitrogen and oxygen atoms in total. The van der Waals surface area contributed by atoms with Crippen LogP contribution in [0.3, 0.4) is 0 Å². The van der Waals surface area contributed by atoms with E-state index in [-0.39, 0.29) is 13.1 Å². The Labute approximate surface area is 207 Å². The summed E-state index contributed by atoms with van der Waals surface area (Å²) in [6.07, 6.45) is 2.77. The second-order valence-electron chi connectivity index (χ2n) is 9.30. The first kappa shape index (κ1) is 23.3. The highest BCUT2D eigenvalue weighted by atomic mass is 35.5. The number of likely N-dealkylation sites (tertiary alicyclic amines) is 1. The number of carbonyl (C=O) groups excluding carboxylic acids is 1. The monoisotopic (exact) mass is 521 g/mol. The van der Waals surface area contributed by atoms with Crippen LogP contribution in [-0.2, 0) is 14.8 Å². The van der Waals surface area contributed by atoms with E-state index in [1.54, 1.807) is 57.1 Å². The average molecular weight is 522 g/mol. The van der Waals surface area contributed by atoms with E-state index in [1.807, 2.05) is 12.1 Å². The Morgan fingerprint density at radius 1 is 1.24 bits per heavy atom. The van der Waals surface area contributed by atoms with Gasteiger partial charge in [0.15, 0.2) is 0 Å². The molecule has 2 aliphatic rings. The van der Waals surface area contributed by atoms with Crippen LogP contribution in [0.4, 0.5) is 10.5 Å². The topological polar surface area (TPSA) is 93.0 Å². The van der Waals surface area contributed by atoms with Gasteiger partial charge >= 0.3 is 6.09 Å². The second kappa shape index (κ2) is 8.35. The molecule has 34 heavy (non-hydrogen) atoms. The fraction of sp³-hybridized carbons (Fsp3) is 0.391. The highest BCUT2D eigenvalue weighted by molar-refractivity contribution is 8.00. The SMILES string of the molecule is CC(C)(C)OC(=O)N1CC(S(=O)(=O)N2CCSc3c(-c4cc5cc(Cl)ccc5o4)cncc32)C1. The Balaban J connectivity index is 1.42. The van der Waals surface area contributed by atoms with Crippen molar-refractivity contribution in [2.75, 3.05) is 29.7 Å². The van der Waals surface area contributed by atoms with Crippen LogP contribution >= 0.6 is 23.4 Å². The van der Waals surface area contributed by atoms with E-state index in [0.717, 1.165) is 15.8 Å². The van der Waals surface area contributed by atoms with Gasteiger partial charge in [-0.3, -0.25) is 9.29 Å². The van der Waals surface area contributed by atoms with Gasteiger partial charge < -0.3 is 14.1 Å².